The van der Waals surface area contributed by atoms with Gasteiger partial charge in [-0.1, -0.05) is 0 Å². The number of urea groups is 1. The Bertz CT molecular complexity index is 220. The maximum absolute atomic E-state index is 11.8. The Balaban J connectivity index is 1.71. The van der Waals surface area contributed by atoms with Gasteiger partial charge < -0.3 is 16.0 Å². The summed E-state index contributed by atoms with van der Waals surface area (Å²) in [6, 6.07) is 0.583. The van der Waals surface area contributed by atoms with E-state index in [1.54, 1.807) is 0 Å². The zero-order valence-electron chi connectivity index (χ0n) is 9.24. The maximum atomic E-state index is 11.8. The molecule has 2 aliphatic rings. The van der Waals surface area contributed by atoms with Crippen molar-refractivity contribution in [3.05, 3.63) is 0 Å². The van der Waals surface area contributed by atoms with Crippen molar-refractivity contribution in [3.8, 4) is 0 Å². The summed E-state index contributed by atoms with van der Waals surface area (Å²) < 4.78 is 0. The van der Waals surface area contributed by atoms with Crippen LogP contribution in [0.25, 0.3) is 0 Å². The fourth-order valence-corrected chi connectivity index (χ4v) is 2.19. The first-order valence-electron chi connectivity index (χ1n) is 6.05. The summed E-state index contributed by atoms with van der Waals surface area (Å²) in [6.45, 7) is 2.51. The lowest BCUT2D eigenvalue weighted by molar-refractivity contribution is 0.163. The van der Waals surface area contributed by atoms with Gasteiger partial charge in [-0.3, -0.25) is 0 Å². The number of nitrogens with one attached hydrogen (secondary N) is 1. The van der Waals surface area contributed by atoms with Gasteiger partial charge in [0.1, 0.15) is 0 Å². The average Bonchev–Trinajstić information content (AvgIpc) is 2.23. The second kappa shape index (κ2) is 4.84. The van der Waals surface area contributed by atoms with Gasteiger partial charge >= 0.3 is 6.03 Å². The highest BCUT2D eigenvalue weighted by molar-refractivity contribution is 5.74. The van der Waals surface area contributed by atoms with Crippen LogP contribution in [0.3, 0.4) is 0 Å². The van der Waals surface area contributed by atoms with Gasteiger partial charge in [-0.15, -0.1) is 0 Å². The summed E-state index contributed by atoms with van der Waals surface area (Å²) in [5.41, 5.74) is 5.62. The van der Waals surface area contributed by atoms with Crippen LogP contribution in [0, 0.1) is 5.92 Å². The highest BCUT2D eigenvalue weighted by Gasteiger charge is 2.25. The molecule has 0 aromatic heterocycles. The minimum Gasteiger partial charge on any atom is -0.335 e. The van der Waals surface area contributed by atoms with Gasteiger partial charge in [0.2, 0.25) is 0 Å². The number of likely N-dealkylation sites (tertiary alicyclic amines) is 1. The van der Waals surface area contributed by atoms with E-state index in [1.165, 1.54) is 6.42 Å². The Morgan fingerprint density at radius 3 is 2.40 bits per heavy atom. The molecule has 0 atom stereocenters. The van der Waals surface area contributed by atoms with Crippen molar-refractivity contribution in [1.82, 2.24) is 10.2 Å². The van der Waals surface area contributed by atoms with E-state index in [-0.39, 0.29) is 6.03 Å². The first kappa shape index (κ1) is 10.7. The maximum Gasteiger partial charge on any atom is 0.317 e. The molecule has 0 radical (unpaired) electrons. The van der Waals surface area contributed by atoms with Crippen LogP contribution in [0.4, 0.5) is 4.79 Å². The van der Waals surface area contributed by atoms with Crippen LogP contribution in [0.15, 0.2) is 0 Å². The van der Waals surface area contributed by atoms with E-state index in [4.69, 9.17) is 5.73 Å². The van der Waals surface area contributed by atoms with E-state index in [0.717, 1.165) is 45.3 Å². The third kappa shape index (κ3) is 2.62. The lowest BCUT2D eigenvalue weighted by Gasteiger charge is -2.34. The van der Waals surface area contributed by atoms with Crippen molar-refractivity contribution in [2.75, 3.05) is 19.6 Å². The standard InChI is InChI=1S/C11H21N3O/c12-8-9-4-6-14(7-5-9)11(15)13-10-2-1-3-10/h9-10H,1-8,12H2,(H,13,15). The normalized spacial score (nSPS) is 23.7. The molecular formula is C11H21N3O. The molecular weight excluding hydrogens is 190 g/mol. The van der Waals surface area contributed by atoms with Gasteiger partial charge in [0.15, 0.2) is 0 Å². The summed E-state index contributed by atoms with van der Waals surface area (Å²) in [5.74, 6) is 0.623. The number of piperidine rings is 1. The first-order valence-corrected chi connectivity index (χ1v) is 6.05. The predicted octanol–water partition coefficient (Wildman–Crippen LogP) is 0.919. The van der Waals surface area contributed by atoms with E-state index in [9.17, 15) is 4.79 Å². The molecule has 1 heterocycles. The van der Waals surface area contributed by atoms with Crippen LogP contribution in [-0.4, -0.2) is 36.6 Å². The molecule has 4 heteroatoms. The quantitative estimate of drug-likeness (QED) is 0.713. The number of nitrogens with zero attached hydrogens (tertiary/aromatic N) is 1. The molecule has 0 unspecified atom stereocenters. The molecule has 1 saturated carbocycles. The first-order chi connectivity index (χ1) is 7.29. The number of carbonyl (C=O) groups is 1. The van der Waals surface area contributed by atoms with E-state index < -0.39 is 0 Å². The number of carbonyl (C=O) groups excluding carboxylic acids is 1. The van der Waals surface area contributed by atoms with Crippen molar-refractivity contribution in [2.45, 2.75) is 38.1 Å². The van der Waals surface area contributed by atoms with Gasteiger partial charge in [-0.25, -0.2) is 4.79 Å². The Morgan fingerprint density at radius 1 is 1.27 bits per heavy atom. The molecule has 86 valence electrons. The van der Waals surface area contributed by atoms with Gasteiger partial charge in [-0.2, -0.15) is 0 Å². The van der Waals surface area contributed by atoms with Crippen molar-refractivity contribution < 1.29 is 4.79 Å². The molecule has 4 nitrogen and oxygen atoms in total. The summed E-state index contributed by atoms with van der Waals surface area (Å²) in [7, 11) is 0. The highest BCUT2D eigenvalue weighted by atomic mass is 16.2. The minimum atomic E-state index is 0.134. The molecule has 2 fully saturated rings. The molecule has 0 spiro atoms. The second-order valence-corrected chi connectivity index (χ2v) is 4.74. The number of hydrogen-bond acceptors (Lipinski definition) is 2. The SMILES string of the molecule is NCC1CCN(C(=O)NC2CCC2)CC1. The van der Waals surface area contributed by atoms with E-state index in [0.29, 0.717) is 12.0 Å². The molecule has 2 rings (SSSR count). The van der Waals surface area contributed by atoms with Gasteiger partial charge in [0.25, 0.3) is 0 Å². The highest BCUT2D eigenvalue weighted by Crippen LogP contribution is 2.20. The summed E-state index contributed by atoms with van der Waals surface area (Å²) in [4.78, 5) is 13.7. The van der Waals surface area contributed by atoms with E-state index >= 15 is 0 Å². The fourth-order valence-electron chi connectivity index (χ4n) is 2.19. The lowest BCUT2D eigenvalue weighted by atomic mass is 9.93. The number of amides is 2. The topological polar surface area (TPSA) is 58.4 Å². The van der Waals surface area contributed by atoms with Crippen LogP contribution in [0.1, 0.15) is 32.1 Å². The Morgan fingerprint density at radius 2 is 1.93 bits per heavy atom. The molecule has 3 N–H and O–H groups in total. The van der Waals surface area contributed by atoms with Crippen LogP contribution in [-0.2, 0) is 0 Å². The van der Waals surface area contributed by atoms with Gasteiger partial charge in [-0.05, 0) is 44.6 Å². The second-order valence-electron chi connectivity index (χ2n) is 4.74. The number of hydrogen-bond donors (Lipinski definition) is 2. The molecule has 1 saturated heterocycles. The predicted molar refractivity (Wildman–Crippen MR) is 59.5 cm³/mol. The van der Waals surface area contributed by atoms with Crippen molar-refractivity contribution in [2.24, 2.45) is 11.7 Å². The zero-order valence-corrected chi connectivity index (χ0v) is 9.24. The van der Waals surface area contributed by atoms with Crippen LogP contribution < -0.4 is 11.1 Å². The molecule has 0 aromatic carbocycles. The van der Waals surface area contributed by atoms with E-state index in [2.05, 4.69) is 5.32 Å². The Labute approximate surface area is 91.2 Å². The van der Waals surface area contributed by atoms with Crippen molar-refractivity contribution in [1.29, 1.82) is 0 Å². The number of rotatable bonds is 2. The average molecular weight is 211 g/mol. The zero-order chi connectivity index (χ0) is 10.7. The van der Waals surface area contributed by atoms with Gasteiger partial charge in [0, 0.05) is 19.1 Å². The Kier molecular flexibility index (Phi) is 3.46. The molecule has 15 heavy (non-hydrogen) atoms. The molecule has 0 bridgehead atoms. The summed E-state index contributed by atoms with van der Waals surface area (Å²) in [6.07, 6.45) is 5.71. The van der Waals surface area contributed by atoms with Crippen LogP contribution in [0.2, 0.25) is 0 Å². The van der Waals surface area contributed by atoms with Crippen molar-refractivity contribution in [3.63, 3.8) is 0 Å². The summed E-state index contributed by atoms with van der Waals surface area (Å²) in [5, 5.41) is 3.07. The summed E-state index contributed by atoms with van der Waals surface area (Å²) >= 11 is 0. The number of nitrogens with two attached hydrogens (primary N) is 1. The smallest absolute Gasteiger partial charge is 0.317 e. The monoisotopic (exact) mass is 211 g/mol. The van der Waals surface area contributed by atoms with E-state index in [1.807, 2.05) is 4.90 Å². The minimum absolute atomic E-state index is 0.134. The largest absolute Gasteiger partial charge is 0.335 e. The molecule has 0 aromatic rings. The third-order valence-corrected chi connectivity index (χ3v) is 3.67. The van der Waals surface area contributed by atoms with Crippen molar-refractivity contribution >= 4 is 6.03 Å². The Hall–Kier alpha value is -0.770. The fraction of sp³-hybridized carbons (Fsp3) is 0.909. The molecule has 1 aliphatic heterocycles. The van der Waals surface area contributed by atoms with Gasteiger partial charge in [0.05, 0.1) is 0 Å². The molecule has 2 amide bonds. The lowest BCUT2D eigenvalue weighted by Crippen LogP contribution is -2.50. The van der Waals surface area contributed by atoms with Crippen LogP contribution >= 0.6 is 0 Å². The molecule has 1 aliphatic carbocycles. The third-order valence-electron chi connectivity index (χ3n) is 3.67. The van der Waals surface area contributed by atoms with Crippen LogP contribution in [0.5, 0.6) is 0 Å².